The molecule has 1 saturated carbocycles. The van der Waals surface area contributed by atoms with Crippen LogP contribution in [-0.4, -0.2) is 9.55 Å². The minimum Gasteiger partial charge on any atom is -0.339 e. The first kappa shape index (κ1) is 19.3. The third kappa shape index (κ3) is 4.03. The van der Waals surface area contributed by atoms with Crippen LogP contribution in [0.25, 0.3) is 21.9 Å². The summed E-state index contributed by atoms with van der Waals surface area (Å²) in [5.41, 5.74) is 1.81. The maximum absolute atomic E-state index is 13.1. The molecule has 0 bridgehead atoms. The highest BCUT2D eigenvalue weighted by Crippen LogP contribution is 2.35. The molecule has 0 radical (unpaired) electrons. The number of aryl methyl sites for hydroxylation is 1. The molecule has 2 heterocycles. The van der Waals surface area contributed by atoms with Crippen molar-refractivity contribution in [3.05, 3.63) is 42.1 Å². The van der Waals surface area contributed by atoms with Gasteiger partial charge >= 0.3 is 6.18 Å². The number of hydrogen-bond acceptors (Lipinski definition) is 1. The number of halogens is 3. The van der Waals surface area contributed by atoms with Crippen molar-refractivity contribution < 1.29 is 13.2 Å². The molecule has 150 valence electrons. The van der Waals surface area contributed by atoms with E-state index < -0.39 is 11.7 Å². The number of benzene rings is 1. The minimum absolute atomic E-state index is 0.590. The molecule has 4 rings (SSSR count). The third-order valence-corrected chi connectivity index (χ3v) is 6.17. The molecule has 0 atom stereocenters. The van der Waals surface area contributed by atoms with Gasteiger partial charge in [-0.2, -0.15) is 13.2 Å². The van der Waals surface area contributed by atoms with E-state index in [1.165, 1.54) is 63.5 Å². The van der Waals surface area contributed by atoms with Crippen LogP contribution in [0.4, 0.5) is 13.2 Å². The first-order valence-corrected chi connectivity index (χ1v) is 10.5. The Kier molecular flexibility index (Phi) is 5.61. The maximum atomic E-state index is 13.1. The number of rotatable bonds is 6. The van der Waals surface area contributed by atoms with Crippen LogP contribution in [-0.2, 0) is 12.7 Å². The lowest BCUT2D eigenvalue weighted by molar-refractivity contribution is -0.137. The standard InChI is InChI=1S/C23H27F3N2/c24-23(25,26)18-12-13-20-19(16-18)22-21(11-7-14-27-22)28(20)15-6-2-5-10-17-8-3-1-4-9-17/h7,11-14,16-17H,1-6,8-10,15H2. The van der Waals surface area contributed by atoms with Crippen LogP contribution in [0.15, 0.2) is 36.5 Å². The number of alkyl halides is 3. The Morgan fingerprint density at radius 1 is 0.964 bits per heavy atom. The van der Waals surface area contributed by atoms with Crippen LogP contribution < -0.4 is 0 Å². The smallest absolute Gasteiger partial charge is 0.339 e. The van der Waals surface area contributed by atoms with Gasteiger partial charge in [-0.05, 0) is 42.7 Å². The Labute approximate surface area is 163 Å². The number of unbranched alkanes of at least 4 members (excludes halogenated alkanes) is 2. The van der Waals surface area contributed by atoms with E-state index in [1.54, 1.807) is 12.3 Å². The Balaban J connectivity index is 1.49. The van der Waals surface area contributed by atoms with Crippen LogP contribution in [0.2, 0.25) is 0 Å². The summed E-state index contributed by atoms with van der Waals surface area (Å²) < 4.78 is 41.5. The van der Waals surface area contributed by atoms with Gasteiger partial charge in [0, 0.05) is 18.1 Å². The maximum Gasteiger partial charge on any atom is 0.416 e. The summed E-state index contributed by atoms with van der Waals surface area (Å²) in [6.07, 6.45) is 9.04. The summed E-state index contributed by atoms with van der Waals surface area (Å²) in [7, 11) is 0. The second-order valence-electron chi connectivity index (χ2n) is 8.11. The zero-order chi connectivity index (χ0) is 19.6. The summed E-state index contributed by atoms with van der Waals surface area (Å²) in [5.74, 6) is 0.909. The van der Waals surface area contributed by atoms with Gasteiger partial charge < -0.3 is 4.57 Å². The van der Waals surface area contributed by atoms with Crippen LogP contribution in [0.3, 0.4) is 0 Å². The van der Waals surface area contributed by atoms with Crippen LogP contribution >= 0.6 is 0 Å². The lowest BCUT2D eigenvalue weighted by Gasteiger charge is -2.21. The van der Waals surface area contributed by atoms with Crippen molar-refractivity contribution in [1.29, 1.82) is 0 Å². The van der Waals surface area contributed by atoms with E-state index in [-0.39, 0.29) is 0 Å². The Morgan fingerprint density at radius 2 is 1.79 bits per heavy atom. The van der Waals surface area contributed by atoms with Gasteiger partial charge in [0.15, 0.2) is 0 Å². The van der Waals surface area contributed by atoms with Crippen molar-refractivity contribution in [3.8, 4) is 0 Å². The number of hydrogen-bond donors (Lipinski definition) is 0. The minimum atomic E-state index is -4.34. The van der Waals surface area contributed by atoms with Crippen molar-refractivity contribution >= 4 is 21.9 Å². The molecule has 2 aromatic heterocycles. The molecule has 1 aliphatic rings. The molecule has 5 heteroatoms. The molecule has 0 aliphatic heterocycles. The largest absolute Gasteiger partial charge is 0.416 e. The van der Waals surface area contributed by atoms with Gasteiger partial charge in [-0.3, -0.25) is 4.98 Å². The Morgan fingerprint density at radius 3 is 2.57 bits per heavy atom. The second kappa shape index (κ2) is 8.14. The van der Waals surface area contributed by atoms with E-state index in [2.05, 4.69) is 9.55 Å². The van der Waals surface area contributed by atoms with E-state index in [9.17, 15) is 13.2 Å². The van der Waals surface area contributed by atoms with E-state index in [1.807, 2.05) is 12.1 Å². The zero-order valence-corrected chi connectivity index (χ0v) is 16.1. The van der Waals surface area contributed by atoms with E-state index in [0.29, 0.717) is 10.9 Å². The van der Waals surface area contributed by atoms with Crippen molar-refractivity contribution in [2.24, 2.45) is 5.92 Å². The fourth-order valence-corrected chi connectivity index (χ4v) is 4.69. The monoisotopic (exact) mass is 388 g/mol. The predicted molar refractivity (Wildman–Crippen MR) is 107 cm³/mol. The predicted octanol–water partition coefficient (Wildman–Crippen LogP) is 7.35. The van der Waals surface area contributed by atoms with Gasteiger partial charge in [0.05, 0.1) is 22.1 Å². The van der Waals surface area contributed by atoms with E-state index in [4.69, 9.17) is 0 Å². The quantitative estimate of drug-likeness (QED) is 0.404. The highest BCUT2D eigenvalue weighted by molar-refractivity contribution is 6.05. The first-order valence-electron chi connectivity index (χ1n) is 10.5. The molecular weight excluding hydrogens is 361 g/mol. The summed E-state index contributed by atoms with van der Waals surface area (Å²) in [4.78, 5) is 4.37. The van der Waals surface area contributed by atoms with Gasteiger partial charge in [-0.1, -0.05) is 51.4 Å². The van der Waals surface area contributed by atoms with E-state index >= 15 is 0 Å². The lowest BCUT2D eigenvalue weighted by atomic mass is 9.85. The van der Waals surface area contributed by atoms with E-state index in [0.717, 1.165) is 29.9 Å². The average molecular weight is 388 g/mol. The summed E-state index contributed by atoms with van der Waals surface area (Å²) >= 11 is 0. The summed E-state index contributed by atoms with van der Waals surface area (Å²) in [5, 5.41) is 0.590. The second-order valence-corrected chi connectivity index (χ2v) is 8.11. The molecule has 0 spiro atoms. The molecule has 0 unspecified atom stereocenters. The number of aromatic nitrogens is 2. The fraction of sp³-hybridized carbons (Fsp3) is 0.522. The van der Waals surface area contributed by atoms with Gasteiger partial charge in [0.2, 0.25) is 0 Å². The van der Waals surface area contributed by atoms with Crippen molar-refractivity contribution in [2.45, 2.75) is 70.5 Å². The normalized spacial score (nSPS) is 16.2. The van der Waals surface area contributed by atoms with Crippen LogP contribution in [0.5, 0.6) is 0 Å². The Bertz CT molecular complexity index is 936. The zero-order valence-electron chi connectivity index (χ0n) is 16.1. The number of pyridine rings is 1. The third-order valence-electron chi connectivity index (χ3n) is 6.17. The molecule has 1 aliphatic carbocycles. The first-order chi connectivity index (χ1) is 13.5. The average Bonchev–Trinajstić information content (AvgIpc) is 3.01. The van der Waals surface area contributed by atoms with Gasteiger partial charge in [-0.25, -0.2) is 0 Å². The van der Waals surface area contributed by atoms with Crippen molar-refractivity contribution in [3.63, 3.8) is 0 Å². The van der Waals surface area contributed by atoms with Gasteiger partial charge in [0.1, 0.15) is 0 Å². The highest BCUT2D eigenvalue weighted by Gasteiger charge is 2.31. The molecule has 2 nitrogen and oxygen atoms in total. The van der Waals surface area contributed by atoms with Crippen LogP contribution in [0, 0.1) is 5.92 Å². The molecule has 28 heavy (non-hydrogen) atoms. The molecule has 0 saturated heterocycles. The number of nitrogens with zero attached hydrogens (tertiary/aromatic N) is 2. The fourth-order valence-electron chi connectivity index (χ4n) is 4.69. The number of fused-ring (bicyclic) bond motifs is 3. The summed E-state index contributed by atoms with van der Waals surface area (Å²) in [6, 6.07) is 7.83. The lowest BCUT2D eigenvalue weighted by Crippen LogP contribution is -2.06. The van der Waals surface area contributed by atoms with Crippen LogP contribution in [0.1, 0.15) is 63.4 Å². The molecule has 1 aromatic carbocycles. The molecule has 0 N–H and O–H groups in total. The van der Waals surface area contributed by atoms with Gasteiger partial charge in [0.25, 0.3) is 0 Å². The molecule has 0 amide bonds. The SMILES string of the molecule is FC(F)(F)c1ccc2c(c1)c1ncccc1n2CCCCCC1CCCCC1. The highest BCUT2D eigenvalue weighted by atomic mass is 19.4. The van der Waals surface area contributed by atoms with Crippen molar-refractivity contribution in [1.82, 2.24) is 9.55 Å². The molecule has 3 aromatic rings. The van der Waals surface area contributed by atoms with Gasteiger partial charge in [-0.15, -0.1) is 0 Å². The molecular formula is C23H27F3N2. The van der Waals surface area contributed by atoms with Crippen molar-refractivity contribution in [2.75, 3.05) is 0 Å². The topological polar surface area (TPSA) is 17.8 Å². The molecule has 1 fully saturated rings. The summed E-state index contributed by atoms with van der Waals surface area (Å²) in [6.45, 7) is 0.821. The Hall–Kier alpha value is -2.04.